The van der Waals surface area contributed by atoms with Crippen LogP contribution in [0.4, 0.5) is 0 Å². The van der Waals surface area contributed by atoms with E-state index in [1.54, 1.807) is 29.2 Å². The van der Waals surface area contributed by atoms with Gasteiger partial charge in [0.05, 0.1) is 25.3 Å². The highest BCUT2D eigenvalue weighted by molar-refractivity contribution is 5.89. The molecule has 21 heavy (non-hydrogen) atoms. The Morgan fingerprint density at radius 1 is 1.19 bits per heavy atom. The van der Waals surface area contributed by atoms with Crippen LogP contribution in [0.2, 0.25) is 0 Å². The van der Waals surface area contributed by atoms with Crippen LogP contribution in [0.3, 0.4) is 0 Å². The molecule has 1 aliphatic heterocycles. The number of carbonyl (C=O) groups excluding carboxylic acids is 1. The molecular formula is C17H26NO3+. The fraction of sp³-hybridized carbons (Fsp3) is 0.588. The Balaban J connectivity index is 1.82. The molecule has 1 saturated heterocycles. The van der Waals surface area contributed by atoms with Crippen LogP contribution in [0.15, 0.2) is 24.3 Å². The number of benzene rings is 1. The topological polar surface area (TPSA) is 40.0 Å². The largest absolute Gasteiger partial charge is 0.494 e. The highest BCUT2D eigenvalue weighted by Crippen LogP contribution is 2.13. The minimum absolute atomic E-state index is 0.0443. The maximum atomic E-state index is 12.1. The van der Waals surface area contributed by atoms with Crippen molar-refractivity contribution < 1.29 is 19.2 Å². The van der Waals surface area contributed by atoms with E-state index in [0.717, 1.165) is 12.3 Å². The number of hydrogen-bond acceptors (Lipinski definition) is 3. The van der Waals surface area contributed by atoms with Gasteiger partial charge in [0, 0.05) is 0 Å². The maximum absolute atomic E-state index is 12.1. The van der Waals surface area contributed by atoms with Crippen LogP contribution in [-0.4, -0.2) is 38.3 Å². The summed E-state index contributed by atoms with van der Waals surface area (Å²) in [4.78, 5) is 13.6. The third kappa shape index (κ3) is 5.05. The number of carbonyl (C=O) groups is 1. The van der Waals surface area contributed by atoms with E-state index < -0.39 is 0 Å². The van der Waals surface area contributed by atoms with Crippen molar-refractivity contribution in [2.45, 2.75) is 39.2 Å². The summed E-state index contributed by atoms with van der Waals surface area (Å²) in [6, 6.07) is 7.13. The van der Waals surface area contributed by atoms with Gasteiger partial charge in [0.1, 0.15) is 18.4 Å². The van der Waals surface area contributed by atoms with Crippen molar-refractivity contribution in [1.29, 1.82) is 0 Å². The fourth-order valence-corrected chi connectivity index (χ4v) is 2.81. The van der Waals surface area contributed by atoms with Crippen LogP contribution < -0.4 is 9.64 Å². The van der Waals surface area contributed by atoms with E-state index in [1.165, 1.54) is 32.4 Å². The van der Waals surface area contributed by atoms with Crippen molar-refractivity contribution in [3.8, 4) is 5.75 Å². The molecule has 0 aliphatic carbocycles. The molecule has 0 spiro atoms. The molecule has 4 heteroatoms. The average Bonchev–Trinajstić information content (AvgIpc) is 2.49. The molecule has 2 rings (SSSR count). The average molecular weight is 292 g/mol. The Morgan fingerprint density at radius 2 is 1.86 bits per heavy atom. The normalized spacial score (nSPS) is 17.2. The lowest BCUT2D eigenvalue weighted by molar-refractivity contribution is -0.907. The van der Waals surface area contributed by atoms with E-state index in [4.69, 9.17) is 9.47 Å². The van der Waals surface area contributed by atoms with E-state index in [9.17, 15) is 4.79 Å². The highest BCUT2D eigenvalue weighted by Gasteiger charge is 2.19. The number of piperidine rings is 1. The minimum atomic E-state index is -0.248. The SMILES string of the molecule is CCOc1ccc(C(=O)O[C@H](C)C[NH+]2CCCCC2)cc1. The first-order chi connectivity index (χ1) is 10.2. The van der Waals surface area contributed by atoms with E-state index in [1.807, 2.05) is 13.8 Å². The zero-order valence-corrected chi connectivity index (χ0v) is 13.1. The van der Waals surface area contributed by atoms with Gasteiger partial charge >= 0.3 is 5.97 Å². The molecule has 0 bridgehead atoms. The quantitative estimate of drug-likeness (QED) is 0.811. The number of esters is 1. The van der Waals surface area contributed by atoms with Crippen LogP contribution in [0.5, 0.6) is 5.75 Å². The zero-order valence-electron chi connectivity index (χ0n) is 13.1. The first kappa shape index (κ1) is 15.8. The van der Waals surface area contributed by atoms with Crippen molar-refractivity contribution in [3.05, 3.63) is 29.8 Å². The summed E-state index contributed by atoms with van der Waals surface area (Å²) < 4.78 is 10.9. The van der Waals surface area contributed by atoms with Crippen LogP contribution in [0.25, 0.3) is 0 Å². The molecule has 1 N–H and O–H groups in total. The number of rotatable bonds is 6. The summed E-state index contributed by atoms with van der Waals surface area (Å²) in [5.41, 5.74) is 0.582. The number of nitrogens with one attached hydrogen (secondary N) is 1. The van der Waals surface area contributed by atoms with Gasteiger partial charge in [0.25, 0.3) is 0 Å². The van der Waals surface area contributed by atoms with Crippen molar-refractivity contribution in [3.63, 3.8) is 0 Å². The number of hydrogen-bond donors (Lipinski definition) is 1. The van der Waals surface area contributed by atoms with Crippen molar-refractivity contribution in [1.82, 2.24) is 0 Å². The van der Waals surface area contributed by atoms with E-state index in [-0.39, 0.29) is 12.1 Å². The Morgan fingerprint density at radius 3 is 2.48 bits per heavy atom. The summed E-state index contributed by atoms with van der Waals surface area (Å²) in [7, 11) is 0. The molecule has 0 saturated carbocycles. The summed E-state index contributed by atoms with van der Waals surface area (Å²) in [5, 5.41) is 0. The minimum Gasteiger partial charge on any atom is -0.494 e. The molecule has 0 unspecified atom stereocenters. The van der Waals surface area contributed by atoms with Crippen LogP contribution in [0, 0.1) is 0 Å². The molecule has 0 radical (unpaired) electrons. The first-order valence-corrected chi connectivity index (χ1v) is 7.96. The third-order valence-corrected chi connectivity index (χ3v) is 3.85. The van der Waals surface area contributed by atoms with E-state index in [0.29, 0.717) is 12.2 Å². The van der Waals surface area contributed by atoms with Gasteiger partial charge in [-0.25, -0.2) is 4.79 Å². The third-order valence-electron chi connectivity index (χ3n) is 3.85. The molecule has 1 fully saturated rings. The lowest BCUT2D eigenvalue weighted by Crippen LogP contribution is -3.13. The maximum Gasteiger partial charge on any atom is 0.338 e. The smallest absolute Gasteiger partial charge is 0.338 e. The Kier molecular flexibility index (Phi) is 6.05. The second kappa shape index (κ2) is 8.03. The Hall–Kier alpha value is -1.55. The van der Waals surface area contributed by atoms with Crippen molar-refractivity contribution >= 4 is 5.97 Å². The summed E-state index contributed by atoms with van der Waals surface area (Å²) >= 11 is 0. The van der Waals surface area contributed by atoms with Gasteiger partial charge in [0.15, 0.2) is 0 Å². The summed E-state index contributed by atoms with van der Waals surface area (Å²) in [6.07, 6.45) is 3.87. The lowest BCUT2D eigenvalue weighted by Gasteiger charge is -2.26. The molecule has 4 nitrogen and oxygen atoms in total. The van der Waals surface area contributed by atoms with Crippen molar-refractivity contribution in [2.24, 2.45) is 0 Å². The van der Waals surface area contributed by atoms with Gasteiger partial charge in [-0.2, -0.15) is 0 Å². The molecule has 1 aromatic carbocycles. The second-order valence-corrected chi connectivity index (χ2v) is 5.69. The summed E-state index contributed by atoms with van der Waals surface area (Å²) in [6.45, 7) is 7.85. The van der Waals surface area contributed by atoms with Gasteiger partial charge in [-0.05, 0) is 57.4 Å². The molecule has 1 aliphatic rings. The highest BCUT2D eigenvalue weighted by atomic mass is 16.5. The number of ether oxygens (including phenoxy) is 2. The summed E-state index contributed by atoms with van der Waals surface area (Å²) in [5.74, 6) is 0.529. The lowest BCUT2D eigenvalue weighted by atomic mass is 10.1. The Bertz CT molecular complexity index is 438. The molecule has 0 amide bonds. The van der Waals surface area contributed by atoms with Gasteiger partial charge in [0.2, 0.25) is 0 Å². The van der Waals surface area contributed by atoms with Crippen LogP contribution in [0.1, 0.15) is 43.5 Å². The Labute approximate surface area is 127 Å². The standard InChI is InChI=1S/C17H25NO3/c1-3-20-16-9-7-15(8-10-16)17(19)21-14(2)13-18-11-5-4-6-12-18/h7-10,14H,3-6,11-13H2,1-2H3/p+1/t14-/m1/s1. The molecule has 1 atom stereocenters. The molecule has 116 valence electrons. The monoisotopic (exact) mass is 292 g/mol. The molecule has 1 heterocycles. The molecular weight excluding hydrogens is 266 g/mol. The molecule has 1 aromatic rings. The van der Waals surface area contributed by atoms with E-state index >= 15 is 0 Å². The van der Waals surface area contributed by atoms with Gasteiger partial charge in [-0.15, -0.1) is 0 Å². The van der Waals surface area contributed by atoms with Crippen molar-refractivity contribution in [2.75, 3.05) is 26.2 Å². The second-order valence-electron chi connectivity index (χ2n) is 5.69. The molecule has 0 aromatic heterocycles. The number of quaternary nitrogens is 1. The van der Waals surface area contributed by atoms with Gasteiger partial charge < -0.3 is 14.4 Å². The van der Waals surface area contributed by atoms with Crippen LogP contribution in [-0.2, 0) is 4.74 Å². The van der Waals surface area contributed by atoms with Gasteiger partial charge in [-0.1, -0.05) is 0 Å². The van der Waals surface area contributed by atoms with Gasteiger partial charge in [-0.3, -0.25) is 0 Å². The zero-order chi connectivity index (χ0) is 15.1. The number of likely N-dealkylation sites (tertiary alicyclic amines) is 1. The van der Waals surface area contributed by atoms with Crippen LogP contribution >= 0.6 is 0 Å². The predicted molar refractivity (Wildman–Crippen MR) is 81.9 cm³/mol. The fourth-order valence-electron chi connectivity index (χ4n) is 2.81. The first-order valence-electron chi connectivity index (χ1n) is 7.96. The van der Waals surface area contributed by atoms with E-state index in [2.05, 4.69) is 0 Å². The predicted octanol–water partition coefficient (Wildman–Crippen LogP) is 1.70.